The molecule has 1 heterocycles. The van der Waals surface area contributed by atoms with Gasteiger partial charge < -0.3 is 9.15 Å². The number of methoxy groups -OCH3 is 1. The van der Waals surface area contributed by atoms with Crippen LogP contribution >= 0.6 is 0 Å². The van der Waals surface area contributed by atoms with Gasteiger partial charge in [-0.3, -0.25) is 4.79 Å². The monoisotopic (exact) mass is 260 g/mol. The number of ether oxygens (including phenoxy) is 1. The van der Waals surface area contributed by atoms with Crippen LogP contribution in [0, 0.1) is 18.8 Å². The minimum Gasteiger partial charge on any atom is -0.468 e. The predicted molar refractivity (Wildman–Crippen MR) is 72.3 cm³/mol. The Balaban J connectivity index is 2.19. The maximum absolute atomic E-state index is 12.4. The van der Waals surface area contributed by atoms with Crippen molar-refractivity contribution in [3.63, 3.8) is 0 Å². The molecular formula is C16H20O3. The lowest BCUT2D eigenvalue weighted by molar-refractivity contribution is 0.0779. The van der Waals surface area contributed by atoms with Crippen molar-refractivity contribution in [1.82, 2.24) is 0 Å². The largest absolute Gasteiger partial charge is 0.468 e. The van der Waals surface area contributed by atoms with Crippen molar-refractivity contribution in [3.8, 4) is 0 Å². The lowest BCUT2D eigenvalue weighted by atomic mass is 9.83. The average Bonchev–Trinajstić information content (AvgIpc) is 2.85. The molecule has 3 heteroatoms. The molecule has 1 aromatic heterocycles. The van der Waals surface area contributed by atoms with Crippen molar-refractivity contribution >= 4 is 5.78 Å². The molecule has 102 valence electrons. The summed E-state index contributed by atoms with van der Waals surface area (Å²) < 4.78 is 11.4. The van der Waals surface area contributed by atoms with E-state index in [4.69, 9.17) is 9.15 Å². The van der Waals surface area contributed by atoms with Gasteiger partial charge in [-0.2, -0.15) is 0 Å². The molecule has 0 amide bonds. The third-order valence-corrected chi connectivity index (χ3v) is 4.74. The summed E-state index contributed by atoms with van der Waals surface area (Å²) >= 11 is 0. The Morgan fingerprint density at radius 3 is 2.74 bits per heavy atom. The van der Waals surface area contributed by atoms with Gasteiger partial charge in [-0.25, -0.2) is 0 Å². The Morgan fingerprint density at radius 1 is 1.32 bits per heavy atom. The van der Waals surface area contributed by atoms with Crippen molar-refractivity contribution in [3.05, 3.63) is 34.8 Å². The second-order valence-corrected chi connectivity index (χ2v) is 5.95. The van der Waals surface area contributed by atoms with Crippen molar-refractivity contribution in [2.24, 2.45) is 11.8 Å². The van der Waals surface area contributed by atoms with Crippen LogP contribution in [-0.4, -0.2) is 19.0 Å². The van der Waals surface area contributed by atoms with Crippen LogP contribution in [-0.2, 0) is 4.74 Å². The standard InChI is InChI=1S/C16H20O3/c1-8-5-11(17)13-10(3)7-19-16(13)15-9(2)6-12(18-4)14(8)15/h5,7,9,12,14-15H,6H2,1-4H3/t9-,12-,14+,15+/m0/s1. The fourth-order valence-corrected chi connectivity index (χ4v) is 3.89. The molecule has 3 rings (SSSR count). The van der Waals surface area contributed by atoms with Crippen LogP contribution in [0.1, 0.15) is 47.9 Å². The highest BCUT2D eigenvalue weighted by atomic mass is 16.5. The van der Waals surface area contributed by atoms with E-state index in [-0.39, 0.29) is 23.7 Å². The molecule has 0 radical (unpaired) electrons. The molecule has 0 aliphatic heterocycles. The van der Waals surface area contributed by atoms with Crippen LogP contribution < -0.4 is 0 Å². The van der Waals surface area contributed by atoms with Gasteiger partial charge in [-0.05, 0) is 37.8 Å². The highest BCUT2D eigenvalue weighted by molar-refractivity contribution is 6.07. The predicted octanol–water partition coefficient (Wildman–Crippen LogP) is 3.49. The maximum atomic E-state index is 12.4. The van der Waals surface area contributed by atoms with Gasteiger partial charge in [0.2, 0.25) is 0 Å². The number of hydrogen-bond acceptors (Lipinski definition) is 3. The minimum atomic E-state index is 0.0789. The average molecular weight is 260 g/mol. The summed E-state index contributed by atoms with van der Waals surface area (Å²) in [5.41, 5.74) is 2.84. The molecule has 2 aliphatic carbocycles. The van der Waals surface area contributed by atoms with Crippen LogP contribution in [0.25, 0.3) is 0 Å². The summed E-state index contributed by atoms with van der Waals surface area (Å²) in [5, 5.41) is 0. The Morgan fingerprint density at radius 2 is 2.05 bits per heavy atom. The molecule has 19 heavy (non-hydrogen) atoms. The van der Waals surface area contributed by atoms with Gasteiger partial charge in [0, 0.05) is 18.9 Å². The molecule has 0 saturated heterocycles. The third-order valence-electron chi connectivity index (χ3n) is 4.74. The molecule has 4 atom stereocenters. The highest BCUT2D eigenvalue weighted by Crippen LogP contribution is 2.51. The third kappa shape index (κ3) is 1.71. The zero-order chi connectivity index (χ0) is 13.7. The van der Waals surface area contributed by atoms with Gasteiger partial charge in [-0.1, -0.05) is 12.5 Å². The zero-order valence-corrected chi connectivity index (χ0v) is 11.9. The maximum Gasteiger partial charge on any atom is 0.189 e. The van der Waals surface area contributed by atoms with Crippen LogP contribution in [0.4, 0.5) is 0 Å². The zero-order valence-electron chi connectivity index (χ0n) is 11.9. The van der Waals surface area contributed by atoms with E-state index in [1.807, 2.05) is 13.8 Å². The molecule has 2 aliphatic rings. The summed E-state index contributed by atoms with van der Waals surface area (Å²) in [7, 11) is 1.76. The van der Waals surface area contributed by atoms with E-state index in [1.165, 1.54) is 0 Å². The van der Waals surface area contributed by atoms with E-state index in [0.717, 1.165) is 28.9 Å². The number of aryl methyl sites for hydroxylation is 1. The van der Waals surface area contributed by atoms with E-state index in [1.54, 1.807) is 19.4 Å². The van der Waals surface area contributed by atoms with Crippen molar-refractivity contribution in [2.75, 3.05) is 7.11 Å². The normalized spacial score (nSPS) is 33.7. The molecule has 1 aromatic rings. The van der Waals surface area contributed by atoms with Gasteiger partial charge in [0.1, 0.15) is 5.76 Å². The Bertz CT molecular complexity index is 552. The SMILES string of the molecule is CO[C@H]1C[C@H](C)[C@H]2c3occ(C)c3C(=O)C=C(C)[C@@H]21. The number of hydrogen-bond donors (Lipinski definition) is 0. The molecule has 1 fully saturated rings. The van der Waals surface area contributed by atoms with Gasteiger partial charge >= 0.3 is 0 Å². The second-order valence-electron chi connectivity index (χ2n) is 5.95. The van der Waals surface area contributed by atoms with Crippen LogP contribution in [0.5, 0.6) is 0 Å². The Labute approximate surface area is 113 Å². The Kier molecular flexibility index (Phi) is 2.90. The summed E-state index contributed by atoms with van der Waals surface area (Å²) in [6, 6.07) is 0. The topological polar surface area (TPSA) is 39.4 Å². The first-order valence-electron chi connectivity index (χ1n) is 6.88. The smallest absolute Gasteiger partial charge is 0.189 e. The number of fused-ring (bicyclic) bond motifs is 3. The quantitative estimate of drug-likeness (QED) is 0.776. The number of carbonyl (C=O) groups is 1. The van der Waals surface area contributed by atoms with Crippen molar-refractivity contribution in [2.45, 2.75) is 39.2 Å². The van der Waals surface area contributed by atoms with E-state index in [9.17, 15) is 4.79 Å². The number of carbonyl (C=O) groups excluding carboxylic acids is 1. The highest BCUT2D eigenvalue weighted by Gasteiger charge is 2.47. The number of ketones is 1. The molecular weight excluding hydrogens is 240 g/mol. The summed E-state index contributed by atoms with van der Waals surface area (Å²) in [6.07, 6.45) is 4.68. The molecule has 3 nitrogen and oxygen atoms in total. The molecule has 0 bridgehead atoms. The van der Waals surface area contributed by atoms with E-state index >= 15 is 0 Å². The molecule has 0 aromatic carbocycles. The van der Waals surface area contributed by atoms with Crippen LogP contribution in [0.15, 0.2) is 22.3 Å². The fourth-order valence-electron chi connectivity index (χ4n) is 3.89. The number of allylic oxidation sites excluding steroid dienone is 1. The number of rotatable bonds is 1. The van der Waals surface area contributed by atoms with Crippen LogP contribution in [0.2, 0.25) is 0 Å². The number of furan rings is 1. The van der Waals surface area contributed by atoms with Gasteiger partial charge in [0.05, 0.1) is 17.9 Å². The second kappa shape index (κ2) is 4.34. The van der Waals surface area contributed by atoms with Gasteiger partial charge in [0.25, 0.3) is 0 Å². The van der Waals surface area contributed by atoms with Gasteiger partial charge in [-0.15, -0.1) is 0 Å². The molecule has 0 unspecified atom stereocenters. The van der Waals surface area contributed by atoms with Crippen LogP contribution in [0.3, 0.4) is 0 Å². The molecule has 0 N–H and O–H groups in total. The van der Waals surface area contributed by atoms with E-state index in [0.29, 0.717) is 5.92 Å². The first-order chi connectivity index (χ1) is 9.04. The van der Waals surface area contributed by atoms with E-state index in [2.05, 4.69) is 6.92 Å². The minimum absolute atomic E-state index is 0.0789. The Hall–Kier alpha value is -1.35. The lowest BCUT2D eigenvalue weighted by Gasteiger charge is -2.23. The first kappa shape index (κ1) is 12.7. The van der Waals surface area contributed by atoms with Gasteiger partial charge in [0.15, 0.2) is 5.78 Å². The summed E-state index contributed by atoms with van der Waals surface area (Å²) in [6.45, 7) is 6.21. The summed E-state index contributed by atoms with van der Waals surface area (Å²) in [4.78, 5) is 12.4. The fraction of sp³-hybridized carbons (Fsp3) is 0.562. The lowest BCUT2D eigenvalue weighted by Crippen LogP contribution is -2.21. The summed E-state index contributed by atoms with van der Waals surface area (Å²) in [5.74, 6) is 1.93. The van der Waals surface area contributed by atoms with Crippen molar-refractivity contribution in [1.29, 1.82) is 0 Å². The van der Waals surface area contributed by atoms with E-state index < -0.39 is 0 Å². The molecule has 1 saturated carbocycles. The first-order valence-corrected chi connectivity index (χ1v) is 6.88. The van der Waals surface area contributed by atoms with Crippen molar-refractivity contribution < 1.29 is 13.9 Å². The molecule has 0 spiro atoms.